The van der Waals surface area contributed by atoms with Crippen LogP contribution in [0.5, 0.6) is 0 Å². The number of hydrogen-bond donors (Lipinski definition) is 0. The molecule has 0 amide bonds. The molecule has 0 bridgehead atoms. The average molecular weight is 133 g/mol. The van der Waals surface area contributed by atoms with Gasteiger partial charge in [0.05, 0.1) is 0 Å². The van der Waals surface area contributed by atoms with Gasteiger partial charge in [-0.05, 0) is 44.1 Å². The van der Waals surface area contributed by atoms with Gasteiger partial charge in [-0.1, -0.05) is 17.7 Å². The van der Waals surface area contributed by atoms with E-state index in [-0.39, 0.29) is 0 Å². The van der Waals surface area contributed by atoms with Gasteiger partial charge >= 0.3 is 0 Å². The second-order valence-corrected chi connectivity index (χ2v) is 3.10. The fourth-order valence-corrected chi connectivity index (χ4v) is 1.80. The summed E-state index contributed by atoms with van der Waals surface area (Å²) in [7, 11) is 0. The molecule has 0 saturated carbocycles. The van der Waals surface area contributed by atoms with Crippen LogP contribution in [0.3, 0.4) is 0 Å². The maximum Gasteiger partial charge on any atom is -0.00939 e. The van der Waals surface area contributed by atoms with Crippen LogP contribution >= 0.6 is 0 Å². The quantitative estimate of drug-likeness (QED) is 0.476. The van der Waals surface area contributed by atoms with E-state index in [1.165, 1.54) is 32.1 Å². The number of hydrogen-bond acceptors (Lipinski definition) is 0. The molecule has 0 saturated heterocycles. The zero-order valence-corrected chi connectivity index (χ0v) is 6.27. The Hall–Kier alpha value is -0.520. The van der Waals surface area contributed by atoms with Gasteiger partial charge in [-0.25, -0.2) is 0 Å². The first-order valence-corrected chi connectivity index (χ1v) is 4.18. The summed E-state index contributed by atoms with van der Waals surface area (Å²) in [6.07, 6.45) is 13.6. The van der Waals surface area contributed by atoms with Gasteiger partial charge in [-0.3, -0.25) is 0 Å². The summed E-state index contributed by atoms with van der Waals surface area (Å²) < 4.78 is 0. The molecule has 0 atom stereocenters. The zero-order chi connectivity index (χ0) is 6.81. The molecule has 10 heavy (non-hydrogen) atoms. The highest BCUT2D eigenvalue weighted by atomic mass is 14.2. The lowest BCUT2D eigenvalue weighted by atomic mass is 9.86. The van der Waals surface area contributed by atoms with Gasteiger partial charge in [0, 0.05) is 0 Å². The monoisotopic (exact) mass is 133 g/mol. The predicted octanol–water partition coefficient (Wildman–Crippen LogP) is 3.02. The summed E-state index contributed by atoms with van der Waals surface area (Å²) >= 11 is 0. The summed E-state index contributed by atoms with van der Waals surface area (Å²) in [5.41, 5.74) is 3.24. The molecule has 0 aromatic heterocycles. The molecule has 0 unspecified atom stereocenters. The number of rotatable bonds is 0. The molecule has 0 heterocycles. The molecule has 0 fully saturated rings. The van der Waals surface area contributed by atoms with E-state index in [1.807, 2.05) is 0 Å². The van der Waals surface area contributed by atoms with Gasteiger partial charge in [0.2, 0.25) is 0 Å². The SMILES string of the molecule is [CH]1CC=CC2=C1CCCC2. The van der Waals surface area contributed by atoms with Gasteiger partial charge in [0.1, 0.15) is 0 Å². The highest BCUT2D eigenvalue weighted by Gasteiger charge is 2.11. The molecule has 2 aliphatic carbocycles. The third kappa shape index (κ3) is 1.03. The molecule has 2 rings (SSSR count). The van der Waals surface area contributed by atoms with Crippen LogP contribution in [0.15, 0.2) is 23.3 Å². The second kappa shape index (κ2) is 2.61. The standard InChI is InChI=1S/C10H13/c1-2-6-10-8-4-3-7-9(10)5-1/h1,5-6H,2-4,7-8H2. The third-order valence-electron chi connectivity index (χ3n) is 2.37. The van der Waals surface area contributed by atoms with Crippen LogP contribution in [-0.4, -0.2) is 0 Å². The molecule has 0 N–H and O–H groups in total. The van der Waals surface area contributed by atoms with Gasteiger partial charge in [0.25, 0.3) is 0 Å². The molecule has 0 spiro atoms. The molecule has 0 aromatic rings. The predicted molar refractivity (Wildman–Crippen MR) is 43.6 cm³/mol. The molecule has 0 aliphatic heterocycles. The van der Waals surface area contributed by atoms with E-state index >= 15 is 0 Å². The minimum absolute atomic E-state index is 1.17. The first-order chi connectivity index (χ1) is 4.97. The first kappa shape index (κ1) is 6.21. The van der Waals surface area contributed by atoms with E-state index in [0.29, 0.717) is 0 Å². The van der Waals surface area contributed by atoms with E-state index in [4.69, 9.17) is 0 Å². The minimum Gasteiger partial charge on any atom is -0.0836 e. The van der Waals surface area contributed by atoms with E-state index < -0.39 is 0 Å². The van der Waals surface area contributed by atoms with Crippen LogP contribution in [-0.2, 0) is 0 Å². The van der Waals surface area contributed by atoms with Crippen molar-refractivity contribution in [3.05, 3.63) is 29.7 Å². The van der Waals surface area contributed by atoms with E-state index in [0.717, 1.165) is 0 Å². The van der Waals surface area contributed by atoms with Gasteiger partial charge in [0.15, 0.2) is 0 Å². The van der Waals surface area contributed by atoms with Crippen LogP contribution in [0.2, 0.25) is 0 Å². The summed E-state index contributed by atoms with van der Waals surface area (Å²) in [5, 5.41) is 0. The Balaban J connectivity index is 2.23. The van der Waals surface area contributed by atoms with Crippen LogP contribution in [0.25, 0.3) is 0 Å². The van der Waals surface area contributed by atoms with Crippen molar-refractivity contribution in [1.82, 2.24) is 0 Å². The maximum absolute atomic E-state index is 2.38. The van der Waals surface area contributed by atoms with Crippen molar-refractivity contribution in [1.29, 1.82) is 0 Å². The van der Waals surface area contributed by atoms with E-state index in [2.05, 4.69) is 18.6 Å². The molecule has 0 aromatic carbocycles. The first-order valence-electron chi connectivity index (χ1n) is 4.18. The van der Waals surface area contributed by atoms with Gasteiger partial charge in [-0.2, -0.15) is 0 Å². The molecule has 2 aliphatic rings. The van der Waals surface area contributed by atoms with Crippen molar-refractivity contribution in [2.24, 2.45) is 0 Å². The molecular weight excluding hydrogens is 120 g/mol. The lowest BCUT2D eigenvalue weighted by Gasteiger charge is -2.20. The molecule has 0 heteroatoms. The van der Waals surface area contributed by atoms with Crippen molar-refractivity contribution in [2.45, 2.75) is 32.1 Å². The lowest BCUT2D eigenvalue weighted by Crippen LogP contribution is -2.01. The molecule has 53 valence electrons. The summed E-state index contributed by atoms with van der Waals surface area (Å²) in [6, 6.07) is 0. The Morgan fingerprint density at radius 2 is 1.80 bits per heavy atom. The van der Waals surface area contributed by atoms with E-state index in [9.17, 15) is 0 Å². The average Bonchev–Trinajstić information content (AvgIpc) is 2.05. The fraction of sp³-hybridized carbons (Fsp3) is 0.500. The Labute approximate surface area is 62.6 Å². The highest BCUT2D eigenvalue weighted by Crippen LogP contribution is 2.30. The second-order valence-electron chi connectivity index (χ2n) is 3.10. The van der Waals surface area contributed by atoms with Crippen molar-refractivity contribution < 1.29 is 0 Å². The van der Waals surface area contributed by atoms with Crippen molar-refractivity contribution >= 4 is 0 Å². The molecular formula is C10H13. The summed E-state index contributed by atoms with van der Waals surface area (Å²) in [6.45, 7) is 0. The summed E-state index contributed by atoms with van der Waals surface area (Å²) in [5.74, 6) is 0. The van der Waals surface area contributed by atoms with Crippen molar-refractivity contribution in [3.63, 3.8) is 0 Å². The Kier molecular flexibility index (Phi) is 1.62. The minimum atomic E-state index is 1.17. The van der Waals surface area contributed by atoms with Gasteiger partial charge < -0.3 is 0 Å². The largest absolute Gasteiger partial charge is 0.0836 e. The fourth-order valence-electron chi connectivity index (χ4n) is 1.80. The van der Waals surface area contributed by atoms with Gasteiger partial charge in [-0.15, -0.1) is 0 Å². The summed E-state index contributed by atoms with van der Waals surface area (Å²) in [4.78, 5) is 0. The van der Waals surface area contributed by atoms with Crippen LogP contribution in [0.1, 0.15) is 32.1 Å². The Bertz CT molecular complexity index is 184. The normalized spacial score (nSPS) is 24.8. The zero-order valence-electron chi connectivity index (χ0n) is 6.27. The number of allylic oxidation sites excluding steroid dienone is 4. The molecule has 1 radical (unpaired) electrons. The lowest BCUT2D eigenvalue weighted by molar-refractivity contribution is 0.679. The van der Waals surface area contributed by atoms with Crippen LogP contribution in [0.4, 0.5) is 0 Å². The Morgan fingerprint density at radius 1 is 1.00 bits per heavy atom. The van der Waals surface area contributed by atoms with Crippen molar-refractivity contribution in [3.8, 4) is 0 Å². The smallest absolute Gasteiger partial charge is 0.00939 e. The van der Waals surface area contributed by atoms with Crippen LogP contribution < -0.4 is 0 Å². The third-order valence-corrected chi connectivity index (χ3v) is 2.37. The Morgan fingerprint density at radius 3 is 2.60 bits per heavy atom. The molecule has 0 nitrogen and oxygen atoms in total. The maximum atomic E-state index is 2.38. The van der Waals surface area contributed by atoms with Crippen molar-refractivity contribution in [2.75, 3.05) is 0 Å². The highest BCUT2D eigenvalue weighted by molar-refractivity contribution is 5.36. The topological polar surface area (TPSA) is 0 Å². The van der Waals surface area contributed by atoms with E-state index in [1.54, 1.807) is 11.1 Å². The van der Waals surface area contributed by atoms with Crippen LogP contribution in [0, 0.1) is 6.42 Å².